The summed E-state index contributed by atoms with van der Waals surface area (Å²) in [6.07, 6.45) is 1.94. The Morgan fingerprint density at radius 3 is 2.04 bits per heavy atom. The van der Waals surface area contributed by atoms with Gasteiger partial charge in [-0.3, -0.25) is 4.79 Å². The molecule has 27 heavy (non-hydrogen) atoms. The van der Waals surface area contributed by atoms with Gasteiger partial charge in [-0.05, 0) is 53.2 Å². The van der Waals surface area contributed by atoms with E-state index < -0.39 is 0 Å². The first kappa shape index (κ1) is 19.2. The van der Waals surface area contributed by atoms with Crippen molar-refractivity contribution in [1.82, 2.24) is 0 Å². The van der Waals surface area contributed by atoms with Gasteiger partial charge in [0.1, 0.15) is 5.75 Å². The molecule has 3 heteroatoms. The van der Waals surface area contributed by atoms with Gasteiger partial charge in [-0.15, -0.1) is 0 Å². The Labute approximate surface area is 162 Å². The fraction of sp³-hybridized carbons (Fsp3) is 0.375. The molecule has 0 aromatic heterocycles. The summed E-state index contributed by atoms with van der Waals surface area (Å²) in [5, 5.41) is 13.9. The number of hydrogen-bond acceptors (Lipinski definition) is 2. The predicted molar refractivity (Wildman–Crippen MR) is 113 cm³/mol. The molecule has 3 nitrogen and oxygen atoms in total. The fourth-order valence-electron chi connectivity index (χ4n) is 3.62. The summed E-state index contributed by atoms with van der Waals surface area (Å²) < 4.78 is 0. The van der Waals surface area contributed by atoms with Gasteiger partial charge in [-0.25, -0.2) is 0 Å². The van der Waals surface area contributed by atoms with E-state index in [9.17, 15) is 9.90 Å². The van der Waals surface area contributed by atoms with Crippen molar-refractivity contribution in [1.29, 1.82) is 0 Å². The van der Waals surface area contributed by atoms with Gasteiger partial charge in [0, 0.05) is 28.0 Å². The molecule has 2 aromatic rings. The highest BCUT2D eigenvalue weighted by molar-refractivity contribution is 6.35. The SMILES string of the molecule is Cc1cccc2c1/C(=C/c1cc(C(C)(C)C)c(O)c(C(C)(C)C)c1)C(=O)N2. The zero-order chi connectivity index (χ0) is 20.1. The molecule has 0 unspecified atom stereocenters. The summed E-state index contributed by atoms with van der Waals surface area (Å²) >= 11 is 0. The van der Waals surface area contributed by atoms with E-state index in [-0.39, 0.29) is 16.7 Å². The third kappa shape index (κ3) is 3.51. The number of phenolic OH excluding ortho intramolecular Hbond substituents is 1. The standard InChI is InChI=1S/C24H29NO2/c1-14-9-8-10-19-20(14)16(22(27)25-19)11-15-12-17(23(2,3)4)21(26)18(13-15)24(5,6)7/h8-13,26H,1-7H3,(H,25,27)/b16-11-. The number of nitrogens with one attached hydrogen (secondary N) is 1. The molecule has 0 bridgehead atoms. The maximum absolute atomic E-state index is 12.6. The molecule has 0 saturated carbocycles. The number of hydrogen-bond donors (Lipinski definition) is 2. The Kier molecular flexibility index (Phi) is 4.46. The van der Waals surface area contributed by atoms with E-state index in [0.29, 0.717) is 11.3 Å². The first-order valence-corrected chi connectivity index (χ1v) is 9.40. The Morgan fingerprint density at radius 1 is 0.963 bits per heavy atom. The third-order valence-corrected chi connectivity index (χ3v) is 5.09. The van der Waals surface area contributed by atoms with Gasteiger partial charge in [0.15, 0.2) is 0 Å². The zero-order valence-electron chi connectivity index (χ0n) is 17.3. The number of carbonyl (C=O) groups excluding carboxylic acids is 1. The van der Waals surface area contributed by atoms with Crippen molar-refractivity contribution < 1.29 is 9.90 Å². The number of fused-ring (bicyclic) bond motifs is 1. The molecule has 0 radical (unpaired) electrons. The number of benzene rings is 2. The second-order valence-corrected chi connectivity index (χ2v) is 9.47. The Morgan fingerprint density at radius 2 is 1.52 bits per heavy atom. The fourth-order valence-corrected chi connectivity index (χ4v) is 3.62. The molecular weight excluding hydrogens is 334 g/mol. The van der Waals surface area contributed by atoms with Crippen molar-refractivity contribution >= 4 is 23.2 Å². The first-order valence-electron chi connectivity index (χ1n) is 9.40. The topological polar surface area (TPSA) is 49.3 Å². The van der Waals surface area contributed by atoms with Crippen LogP contribution in [-0.2, 0) is 15.6 Å². The van der Waals surface area contributed by atoms with Crippen LogP contribution in [0.4, 0.5) is 5.69 Å². The van der Waals surface area contributed by atoms with Crippen LogP contribution in [0.25, 0.3) is 11.6 Å². The van der Waals surface area contributed by atoms with Gasteiger partial charge in [0.05, 0.1) is 0 Å². The van der Waals surface area contributed by atoms with Crippen molar-refractivity contribution in [2.24, 2.45) is 0 Å². The number of anilines is 1. The van der Waals surface area contributed by atoms with Crippen molar-refractivity contribution in [3.8, 4) is 5.75 Å². The van der Waals surface area contributed by atoms with Crippen molar-refractivity contribution in [2.75, 3.05) is 5.32 Å². The van der Waals surface area contributed by atoms with Gasteiger partial charge in [0.2, 0.25) is 0 Å². The smallest absolute Gasteiger partial charge is 0.256 e. The van der Waals surface area contributed by atoms with Crippen LogP contribution in [0.15, 0.2) is 30.3 Å². The number of aromatic hydroxyl groups is 1. The summed E-state index contributed by atoms with van der Waals surface area (Å²) in [5.74, 6) is 0.270. The highest BCUT2D eigenvalue weighted by atomic mass is 16.3. The van der Waals surface area contributed by atoms with E-state index in [1.165, 1.54) is 0 Å². The maximum atomic E-state index is 12.6. The zero-order valence-corrected chi connectivity index (χ0v) is 17.3. The highest BCUT2D eigenvalue weighted by Gasteiger charge is 2.28. The van der Waals surface area contributed by atoms with Crippen LogP contribution in [0.5, 0.6) is 5.75 Å². The molecule has 1 aliphatic rings. The largest absolute Gasteiger partial charge is 0.507 e. The lowest BCUT2D eigenvalue weighted by atomic mass is 9.78. The molecule has 0 saturated heterocycles. The highest BCUT2D eigenvalue weighted by Crippen LogP contribution is 2.41. The summed E-state index contributed by atoms with van der Waals surface area (Å²) in [5.41, 5.74) is 5.88. The van der Waals surface area contributed by atoms with Crippen molar-refractivity contribution in [3.05, 3.63) is 58.1 Å². The normalized spacial score (nSPS) is 15.8. The second-order valence-electron chi connectivity index (χ2n) is 9.47. The van der Waals surface area contributed by atoms with E-state index in [1.54, 1.807) is 0 Å². The molecule has 0 aliphatic carbocycles. The average molecular weight is 364 g/mol. The van der Waals surface area contributed by atoms with Gasteiger partial charge in [-0.2, -0.15) is 0 Å². The molecule has 0 fully saturated rings. The van der Waals surface area contributed by atoms with Gasteiger partial charge >= 0.3 is 0 Å². The molecule has 1 amide bonds. The molecule has 2 N–H and O–H groups in total. The van der Waals surface area contributed by atoms with Crippen LogP contribution >= 0.6 is 0 Å². The van der Waals surface area contributed by atoms with E-state index in [1.807, 2.05) is 43.3 Å². The van der Waals surface area contributed by atoms with Crippen LogP contribution in [0.2, 0.25) is 0 Å². The molecule has 3 rings (SSSR count). The third-order valence-electron chi connectivity index (χ3n) is 5.09. The number of aryl methyl sites for hydroxylation is 1. The number of phenols is 1. The lowest BCUT2D eigenvalue weighted by Crippen LogP contribution is -2.17. The van der Waals surface area contributed by atoms with Gasteiger partial charge in [-0.1, -0.05) is 53.7 Å². The average Bonchev–Trinajstić information content (AvgIpc) is 2.83. The monoisotopic (exact) mass is 363 g/mol. The number of amides is 1. The molecule has 2 aromatic carbocycles. The Hall–Kier alpha value is -2.55. The first-order chi connectivity index (χ1) is 12.4. The van der Waals surface area contributed by atoms with Crippen LogP contribution in [0.1, 0.15) is 69.4 Å². The van der Waals surface area contributed by atoms with E-state index >= 15 is 0 Å². The Balaban J connectivity index is 2.25. The van der Waals surface area contributed by atoms with E-state index in [4.69, 9.17) is 0 Å². The quantitative estimate of drug-likeness (QED) is 0.630. The van der Waals surface area contributed by atoms with Crippen LogP contribution in [0.3, 0.4) is 0 Å². The summed E-state index contributed by atoms with van der Waals surface area (Å²) in [7, 11) is 0. The molecule has 1 aliphatic heterocycles. The maximum Gasteiger partial charge on any atom is 0.256 e. The number of carbonyl (C=O) groups is 1. The van der Waals surface area contributed by atoms with Crippen LogP contribution < -0.4 is 5.32 Å². The summed E-state index contributed by atoms with van der Waals surface area (Å²) in [4.78, 5) is 12.6. The summed E-state index contributed by atoms with van der Waals surface area (Å²) in [6, 6.07) is 9.90. The van der Waals surface area contributed by atoms with Gasteiger partial charge < -0.3 is 10.4 Å². The lowest BCUT2D eigenvalue weighted by Gasteiger charge is -2.28. The predicted octanol–water partition coefficient (Wildman–Crippen LogP) is 5.79. The van der Waals surface area contributed by atoms with Crippen LogP contribution in [-0.4, -0.2) is 11.0 Å². The van der Waals surface area contributed by atoms with Gasteiger partial charge in [0.25, 0.3) is 5.91 Å². The summed E-state index contributed by atoms with van der Waals surface area (Å²) in [6.45, 7) is 14.6. The molecule has 1 heterocycles. The minimum absolute atomic E-state index is 0.0815. The van der Waals surface area contributed by atoms with Crippen LogP contribution in [0, 0.1) is 6.92 Å². The van der Waals surface area contributed by atoms with E-state index in [2.05, 4.69) is 46.9 Å². The Bertz CT molecular complexity index is 918. The van der Waals surface area contributed by atoms with E-state index in [0.717, 1.165) is 33.5 Å². The minimum Gasteiger partial charge on any atom is -0.507 e. The molecule has 142 valence electrons. The lowest BCUT2D eigenvalue weighted by molar-refractivity contribution is -0.110. The molecular formula is C24H29NO2. The van der Waals surface area contributed by atoms with Crippen molar-refractivity contribution in [3.63, 3.8) is 0 Å². The number of rotatable bonds is 1. The minimum atomic E-state index is -0.204. The molecule has 0 spiro atoms. The molecule has 0 atom stereocenters. The second kappa shape index (κ2) is 6.26. The van der Waals surface area contributed by atoms with Crippen molar-refractivity contribution in [2.45, 2.75) is 59.3 Å².